The number of rotatable bonds is 7. The highest BCUT2D eigenvalue weighted by Gasteiger charge is 2.39. The lowest BCUT2D eigenvalue weighted by Gasteiger charge is -2.36. The summed E-state index contributed by atoms with van der Waals surface area (Å²) in [5.41, 5.74) is -0.598. The van der Waals surface area contributed by atoms with Gasteiger partial charge in [0.1, 0.15) is 9.84 Å². The molecule has 1 aliphatic rings. The van der Waals surface area contributed by atoms with E-state index in [2.05, 4.69) is 0 Å². The molecule has 0 radical (unpaired) electrons. The minimum absolute atomic E-state index is 0.0706. The molecular weight excluding hydrogens is 240 g/mol. The summed E-state index contributed by atoms with van der Waals surface area (Å²) in [4.78, 5) is 0. The molecule has 0 amide bonds. The quantitative estimate of drug-likeness (QED) is 0.718. The van der Waals surface area contributed by atoms with E-state index in [-0.39, 0.29) is 30.6 Å². The van der Waals surface area contributed by atoms with Gasteiger partial charge in [-0.25, -0.2) is 8.42 Å². The van der Waals surface area contributed by atoms with Gasteiger partial charge in [-0.2, -0.15) is 0 Å². The summed E-state index contributed by atoms with van der Waals surface area (Å²) in [6, 6.07) is 0. The smallest absolute Gasteiger partial charge is 0.150 e. The fraction of sp³-hybridized carbons (Fsp3) is 1.00. The van der Waals surface area contributed by atoms with E-state index in [1.807, 2.05) is 0 Å². The first kappa shape index (κ1) is 14.9. The van der Waals surface area contributed by atoms with E-state index in [1.54, 1.807) is 6.92 Å². The monoisotopic (exact) mass is 264 g/mol. The molecule has 0 unspecified atom stereocenters. The highest BCUT2D eigenvalue weighted by molar-refractivity contribution is 7.91. The third kappa shape index (κ3) is 3.66. The highest BCUT2D eigenvalue weighted by atomic mass is 32.2. The van der Waals surface area contributed by atoms with Crippen LogP contribution in [0.4, 0.5) is 0 Å². The van der Waals surface area contributed by atoms with E-state index < -0.39 is 15.3 Å². The molecule has 0 aromatic rings. The molecule has 17 heavy (non-hydrogen) atoms. The molecule has 1 fully saturated rings. The second-order valence-corrected chi connectivity index (χ2v) is 7.62. The van der Waals surface area contributed by atoms with Crippen molar-refractivity contribution >= 4 is 9.84 Å². The van der Waals surface area contributed by atoms with Crippen LogP contribution in [0.2, 0.25) is 0 Å². The largest absolute Gasteiger partial charge is 0.396 e. The molecule has 4 nitrogen and oxygen atoms in total. The molecule has 2 N–H and O–H groups in total. The lowest BCUT2D eigenvalue weighted by atomic mass is 9.73. The topological polar surface area (TPSA) is 74.6 Å². The Bertz CT molecular complexity index is 313. The standard InChI is InChI=1S/C12H24O4S/c1-2-17(15,16)8-7-12(9-13,10-14)11-5-3-4-6-11/h11,13-14H,2-10H2,1H3. The van der Waals surface area contributed by atoms with Gasteiger partial charge in [-0.05, 0) is 25.2 Å². The molecule has 1 saturated carbocycles. The second kappa shape index (κ2) is 6.16. The first-order valence-electron chi connectivity index (χ1n) is 6.42. The molecule has 0 aromatic carbocycles. The number of sulfone groups is 1. The lowest BCUT2D eigenvalue weighted by molar-refractivity contribution is 0.00307. The van der Waals surface area contributed by atoms with Crippen molar-refractivity contribution < 1.29 is 18.6 Å². The summed E-state index contributed by atoms with van der Waals surface area (Å²) in [5.74, 6) is 0.468. The maximum atomic E-state index is 11.5. The van der Waals surface area contributed by atoms with Crippen molar-refractivity contribution in [1.82, 2.24) is 0 Å². The third-order valence-corrected chi connectivity index (χ3v) is 5.91. The highest BCUT2D eigenvalue weighted by Crippen LogP contribution is 2.42. The normalized spacial score (nSPS) is 18.8. The van der Waals surface area contributed by atoms with E-state index in [9.17, 15) is 18.6 Å². The molecule has 102 valence electrons. The maximum Gasteiger partial charge on any atom is 0.150 e. The van der Waals surface area contributed by atoms with Crippen LogP contribution in [0.15, 0.2) is 0 Å². The molecule has 0 heterocycles. The van der Waals surface area contributed by atoms with Crippen molar-refractivity contribution in [3.05, 3.63) is 0 Å². The van der Waals surface area contributed by atoms with E-state index in [4.69, 9.17) is 0 Å². The Morgan fingerprint density at radius 1 is 1.18 bits per heavy atom. The minimum atomic E-state index is -3.02. The van der Waals surface area contributed by atoms with E-state index in [0.29, 0.717) is 6.42 Å². The van der Waals surface area contributed by atoms with Gasteiger partial charge in [-0.3, -0.25) is 0 Å². The summed E-state index contributed by atoms with van der Waals surface area (Å²) in [7, 11) is -3.02. The molecule has 0 saturated heterocycles. The van der Waals surface area contributed by atoms with Crippen LogP contribution in [-0.4, -0.2) is 43.4 Å². The predicted octanol–water partition coefficient (Wildman–Crippen LogP) is 0.972. The van der Waals surface area contributed by atoms with Gasteiger partial charge < -0.3 is 10.2 Å². The molecule has 0 aliphatic heterocycles. The van der Waals surface area contributed by atoms with Gasteiger partial charge in [-0.1, -0.05) is 19.8 Å². The molecule has 1 rings (SSSR count). The van der Waals surface area contributed by atoms with Crippen LogP contribution in [0.1, 0.15) is 39.0 Å². The average Bonchev–Trinajstić information content (AvgIpc) is 2.85. The van der Waals surface area contributed by atoms with Crippen LogP contribution in [-0.2, 0) is 9.84 Å². The van der Waals surface area contributed by atoms with E-state index in [0.717, 1.165) is 25.7 Å². The van der Waals surface area contributed by atoms with Gasteiger partial charge in [0.05, 0.1) is 19.0 Å². The van der Waals surface area contributed by atoms with Gasteiger partial charge in [0.25, 0.3) is 0 Å². The summed E-state index contributed by atoms with van der Waals surface area (Å²) in [5, 5.41) is 19.1. The predicted molar refractivity (Wildman–Crippen MR) is 67.5 cm³/mol. The number of aliphatic hydroxyl groups excluding tert-OH is 2. The molecule has 5 heteroatoms. The Kier molecular flexibility index (Phi) is 5.41. The average molecular weight is 264 g/mol. The SMILES string of the molecule is CCS(=O)(=O)CCC(CO)(CO)C1CCCC1. The van der Waals surface area contributed by atoms with Gasteiger partial charge in [0.15, 0.2) is 0 Å². The molecular formula is C12H24O4S. The first-order chi connectivity index (χ1) is 7.99. The number of aliphatic hydroxyl groups is 2. The van der Waals surface area contributed by atoms with Crippen molar-refractivity contribution in [3.63, 3.8) is 0 Å². The van der Waals surface area contributed by atoms with Crippen LogP contribution < -0.4 is 0 Å². The molecule has 0 aromatic heterocycles. The van der Waals surface area contributed by atoms with E-state index in [1.165, 1.54) is 0 Å². The Labute approximate surface area is 104 Å². The zero-order valence-electron chi connectivity index (χ0n) is 10.6. The van der Waals surface area contributed by atoms with Gasteiger partial charge in [0.2, 0.25) is 0 Å². The lowest BCUT2D eigenvalue weighted by Crippen LogP contribution is -2.38. The van der Waals surface area contributed by atoms with Crippen LogP contribution in [0.25, 0.3) is 0 Å². The zero-order chi connectivity index (χ0) is 12.9. The molecule has 0 atom stereocenters. The van der Waals surface area contributed by atoms with Crippen molar-refractivity contribution in [1.29, 1.82) is 0 Å². The number of hydrogen-bond donors (Lipinski definition) is 2. The summed E-state index contributed by atoms with van der Waals surface area (Å²) in [6.45, 7) is 1.39. The molecule has 1 aliphatic carbocycles. The zero-order valence-corrected chi connectivity index (χ0v) is 11.4. The van der Waals surface area contributed by atoms with Crippen molar-refractivity contribution in [3.8, 4) is 0 Å². The first-order valence-corrected chi connectivity index (χ1v) is 8.24. The van der Waals surface area contributed by atoms with Gasteiger partial charge in [0, 0.05) is 11.2 Å². The fourth-order valence-corrected chi connectivity index (χ4v) is 3.72. The minimum Gasteiger partial charge on any atom is -0.396 e. The molecule has 0 spiro atoms. The summed E-state index contributed by atoms with van der Waals surface area (Å²) in [6.07, 6.45) is 4.60. The van der Waals surface area contributed by atoms with Crippen LogP contribution in [0, 0.1) is 11.3 Å². The fourth-order valence-electron chi connectivity index (χ4n) is 2.71. The second-order valence-electron chi connectivity index (χ2n) is 5.15. The van der Waals surface area contributed by atoms with Crippen LogP contribution in [0.5, 0.6) is 0 Å². The maximum absolute atomic E-state index is 11.5. The summed E-state index contributed by atoms with van der Waals surface area (Å²) >= 11 is 0. The molecule has 0 bridgehead atoms. The van der Waals surface area contributed by atoms with Gasteiger partial charge >= 0.3 is 0 Å². The Balaban J connectivity index is 2.70. The van der Waals surface area contributed by atoms with Crippen LogP contribution >= 0.6 is 0 Å². The third-order valence-electron chi connectivity index (χ3n) is 4.20. The van der Waals surface area contributed by atoms with Gasteiger partial charge in [-0.15, -0.1) is 0 Å². The number of hydrogen-bond acceptors (Lipinski definition) is 4. The van der Waals surface area contributed by atoms with Crippen molar-refractivity contribution in [2.75, 3.05) is 24.7 Å². The van der Waals surface area contributed by atoms with Crippen LogP contribution in [0.3, 0.4) is 0 Å². The Morgan fingerprint density at radius 2 is 1.71 bits per heavy atom. The van der Waals surface area contributed by atoms with Crippen molar-refractivity contribution in [2.24, 2.45) is 11.3 Å². The van der Waals surface area contributed by atoms with Crippen molar-refractivity contribution in [2.45, 2.75) is 39.0 Å². The van der Waals surface area contributed by atoms with E-state index >= 15 is 0 Å². The Morgan fingerprint density at radius 3 is 2.12 bits per heavy atom. The summed E-state index contributed by atoms with van der Waals surface area (Å²) < 4.78 is 23.1. The Hall–Kier alpha value is -0.130.